The van der Waals surface area contributed by atoms with Crippen LogP contribution in [0.25, 0.3) is 0 Å². The van der Waals surface area contributed by atoms with Gasteiger partial charge in [-0.25, -0.2) is 0 Å². The van der Waals surface area contributed by atoms with Gasteiger partial charge in [-0.15, -0.1) is 0 Å². The summed E-state index contributed by atoms with van der Waals surface area (Å²) in [6.07, 6.45) is 4.19. The summed E-state index contributed by atoms with van der Waals surface area (Å²) in [5, 5.41) is 14.8. The largest absolute Gasteiger partial charge is 0.386 e. The van der Waals surface area contributed by atoms with E-state index in [0.717, 1.165) is 49.2 Å². The number of aliphatic hydroxyl groups excluding tert-OH is 1. The molecule has 0 bridgehead atoms. The maximum absolute atomic E-state index is 10.5. The Morgan fingerprint density at radius 1 is 1.59 bits per heavy atom. The third-order valence-corrected chi connectivity index (χ3v) is 3.87. The molecule has 0 saturated carbocycles. The summed E-state index contributed by atoms with van der Waals surface area (Å²) in [6.45, 7) is 4.46. The van der Waals surface area contributed by atoms with Crippen molar-refractivity contribution in [3.8, 4) is 0 Å². The first-order valence-corrected chi connectivity index (χ1v) is 7.00. The van der Waals surface area contributed by atoms with Crippen LogP contribution in [-0.2, 0) is 11.3 Å². The molecule has 1 saturated heterocycles. The number of aromatic nitrogens is 2. The van der Waals surface area contributed by atoms with Gasteiger partial charge < -0.3 is 9.84 Å². The lowest BCUT2D eigenvalue weighted by atomic mass is 9.92. The summed E-state index contributed by atoms with van der Waals surface area (Å²) in [7, 11) is 0. The average molecular weight is 303 g/mol. The van der Waals surface area contributed by atoms with Crippen LogP contribution in [0.15, 0.2) is 10.7 Å². The minimum Gasteiger partial charge on any atom is -0.386 e. The minimum absolute atomic E-state index is 0.285. The number of hydrogen-bond acceptors (Lipinski definition) is 3. The third kappa shape index (κ3) is 2.89. The summed E-state index contributed by atoms with van der Waals surface area (Å²) in [5.74, 6) is 0.285. The van der Waals surface area contributed by atoms with Crippen molar-refractivity contribution in [2.75, 3.05) is 13.2 Å². The van der Waals surface area contributed by atoms with E-state index < -0.39 is 6.10 Å². The van der Waals surface area contributed by atoms with E-state index in [9.17, 15) is 5.11 Å². The molecule has 1 fully saturated rings. The third-order valence-electron chi connectivity index (χ3n) is 3.26. The molecule has 1 aliphatic rings. The van der Waals surface area contributed by atoms with E-state index >= 15 is 0 Å². The van der Waals surface area contributed by atoms with E-state index in [4.69, 9.17) is 4.74 Å². The molecule has 96 valence electrons. The van der Waals surface area contributed by atoms with Crippen molar-refractivity contribution < 1.29 is 9.84 Å². The second-order valence-electron chi connectivity index (χ2n) is 4.50. The van der Waals surface area contributed by atoms with Crippen LogP contribution in [0.1, 0.15) is 38.0 Å². The number of ether oxygens (including phenoxy) is 1. The molecule has 4 nitrogen and oxygen atoms in total. The first-order chi connectivity index (χ1) is 8.24. The van der Waals surface area contributed by atoms with Gasteiger partial charge in [0.25, 0.3) is 0 Å². The molecule has 1 aromatic heterocycles. The van der Waals surface area contributed by atoms with Crippen LogP contribution in [0, 0.1) is 5.92 Å². The Morgan fingerprint density at radius 2 is 2.29 bits per heavy atom. The summed E-state index contributed by atoms with van der Waals surface area (Å²) in [5.41, 5.74) is 0.916. The molecule has 2 heterocycles. The van der Waals surface area contributed by atoms with Crippen molar-refractivity contribution >= 4 is 15.9 Å². The van der Waals surface area contributed by atoms with Crippen molar-refractivity contribution in [1.29, 1.82) is 0 Å². The molecule has 1 aromatic rings. The van der Waals surface area contributed by atoms with Gasteiger partial charge in [0.1, 0.15) is 0 Å². The fourth-order valence-electron chi connectivity index (χ4n) is 2.31. The highest BCUT2D eigenvalue weighted by atomic mass is 79.9. The zero-order chi connectivity index (χ0) is 12.3. The fourth-order valence-corrected chi connectivity index (χ4v) is 2.84. The summed E-state index contributed by atoms with van der Waals surface area (Å²) >= 11 is 3.48. The molecule has 5 heteroatoms. The summed E-state index contributed by atoms with van der Waals surface area (Å²) < 4.78 is 8.14. The van der Waals surface area contributed by atoms with Crippen LogP contribution < -0.4 is 0 Å². The highest BCUT2D eigenvalue weighted by Crippen LogP contribution is 2.33. The SMILES string of the molecule is CCCn1ncc(Br)c1C(O)C1CCOCC1. The summed E-state index contributed by atoms with van der Waals surface area (Å²) in [6, 6.07) is 0. The number of rotatable bonds is 4. The van der Waals surface area contributed by atoms with Gasteiger partial charge in [-0.3, -0.25) is 4.68 Å². The smallest absolute Gasteiger partial charge is 0.0997 e. The number of hydrogen-bond donors (Lipinski definition) is 1. The predicted octanol–water partition coefficient (Wildman–Crippen LogP) is 2.52. The van der Waals surface area contributed by atoms with Crippen LogP contribution in [0.5, 0.6) is 0 Å². The molecule has 1 aliphatic heterocycles. The molecular formula is C12H19BrN2O2. The predicted molar refractivity (Wildman–Crippen MR) is 68.7 cm³/mol. The highest BCUT2D eigenvalue weighted by Gasteiger charge is 2.27. The standard InChI is InChI=1S/C12H19BrN2O2/c1-2-5-15-11(10(13)8-14-15)12(16)9-3-6-17-7-4-9/h8-9,12,16H,2-7H2,1H3. The number of halogens is 1. The molecule has 0 radical (unpaired) electrons. The first kappa shape index (κ1) is 13.1. The van der Waals surface area contributed by atoms with E-state index in [2.05, 4.69) is 28.0 Å². The normalized spacial score (nSPS) is 19.5. The second kappa shape index (κ2) is 5.98. The maximum Gasteiger partial charge on any atom is 0.0997 e. The monoisotopic (exact) mass is 302 g/mol. The lowest BCUT2D eigenvalue weighted by Gasteiger charge is -2.27. The Morgan fingerprint density at radius 3 is 2.94 bits per heavy atom. The van der Waals surface area contributed by atoms with Crippen molar-refractivity contribution in [3.05, 3.63) is 16.4 Å². The van der Waals surface area contributed by atoms with E-state index in [1.54, 1.807) is 6.20 Å². The van der Waals surface area contributed by atoms with Gasteiger partial charge in [-0.05, 0) is 41.1 Å². The fraction of sp³-hybridized carbons (Fsp3) is 0.750. The van der Waals surface area contributed by atoms with Crippen LogP contribution in [0.4, 0.5) is 0 Å². The van der Waals surface area contributed by atoms with Crippen LogP contribution >= 0.6 is 15.9 Å². The van der Waals surface area contributed by atoms with E-state index in [0.29, 0.717) is 0 Å². The molecule has 1 unspecified atom stereocenters. The molecule has 0 aromatic carbocycles. The van der Waals surface area contributed by atoms with E-state index in [1.807, 2.05) is 4.68 Å². The lowest BCUT2D eigenvalue weighted by molar-refractivity contribution is 0.00350. The van der Waals surface area contributed by atoms with Gasteiger partial charge in [0.2, 0.25) is 0 Å². The molecule has 1 N–H and O–H groups in total. The van der Waals surface area contributed by atoms with E-state index in [-0.39, 0.29) is 5.92 Å². The quantitative estimate of drug-likeness (QED) is 0.930. The molecular weight excluding hydrogens is 284 g/mol. The van der Waals surface area contributed by atoms with Crippen molar-refractivity contribution in [2.24, 2.45) is 5.92 Å². The molecule has 1 atom stereocenters. The molecule has 2 rings (SSSR count). The van der Waals surface area contributed by atoms with Crippen LogP contribution in [0.2, 0.25) is 0 Å². The molecule has 0 spiro atoms. The van der Waals surface area contributed by atoms with Gasteiger partial charge in [0, 0.05) is 19.8 Å². The van der Waals surface area contributed by atoms with Gasteiger partial charge in [-0.1, -0.05) is 6.92 Å². The Labute approximate surface area is 110 Å². The lowest BCUT2D eigenvalue weighted by Crippen LogP contribution is -2.24. The first-order valence-electron chi connectivity index (χ1n) is 6.21. The molecule has 17 heavy (non-hydrogen) atoms. The Kier molecular flexibility index (Phi) is 4.59. The zero-order valence-corrected chi connectivity index (χ0v) is 11.7. The van der Waals surface area contributed by atoms with Crippen molar-refractivity contribution in [2.45, 2.75) is 38.8 Å². The number of nitrogens with zero attached hydrogens (tertiary/aromatic N) is 2. The van der Waals surface area contributed by atoms with Crippen molar-refractivity contribution in [1.82, 2.24) is 9.78 Å². The topological polar surface area (TPSA) is 47.3 Å². The highest BCUT2D eigenvalue weighted by molar-refractivity contribution is 9.10. The zero-order valence-electron chi connectivity index (χ0n) is 10.1. The Hall–Kier alpha value is -0.390. The van der Waals surface area contributed by atoms with E-state index in [1.165, 1.54) is 0 Å². The molecule has 0 amide bonds. The number of aryl methyl sites for hydroxylation is 1. The Bertz CT molecular complexity index is 361. The van der Waals surface area contributed by atoms with Crippen LogP contribution in [0.3, 0.4) is 0 Å². The number of aliphatic hydroxyl groups is 1. The summed E-state index contributed by atoms with van der Waals surface area (Å²) in [4.78, 5) is 0. The van der Waals surface area contributed by atoms with Crippen LogP contribution in [-0.4, -0.2) is 28.1 Å². The molecule has 0 aliphatic carbocycles. The van der Waals surface area contributed by atoms with Gasteiger partial charge in [0.15, 0.2) is 0 Å². The van der Waals surface area contributed by atoms with Crippen molar-refractivity contribution in [3.63, 3.8) is 0 Å². The Balaban J connectivity index is 2.16. The van der Waals surface area contributed by atoms with Gasteiger partial charge >= 0.3 is 0 Å². The van der Waals surface area contributed by atoms with Gasteiger partial charge in [-0.2, -0.15) is 5.10 Å². The van der Waals surface area contributed by atoms with Gasteiger partial charge in [0.05, 0.1) is 22.5 Å². The maximum atomic E-state index is 10.5. The second-order valence-corrected chi connectivity index (χ2v) is 5.35. The minimum atomic E-state index is -0.442. The average Bonchev–Trinajstić information content (AvgIpc) is 2.71.